The Hall–Kier alpha value is -1.20. The van der Waals surface area contributed by atoms with Crippen molar-refractivity contribution in [1.29, 1.82) is 0 Å². The molecule has 0 fully saturated rings. The summed E-state index contributed by atoms with van der Waals surface area (Å²) in [5, 5.41) is 3.10. The lowest BCUT2D eigenvalue weighted by atomic mass is 10.2. The van der Waals surface area contributed by atoms with Crippen LogP contribution in [0, 0.1) is 5.82 Å². The third-order valence-corrected chi connectivity index (χ3v) is 2.77. The molecule has 0 spiro atoms. The van der Waals surface area contributed by atoms with Crippen molar-refractivity contribution in [2.24, 2.45) is 0 Å². The molecular formula is C12H12BrFN2O. The minimum atomic E-state index is -0.328. The molecule has 0 aliphatic heterocycles. The molecule has 2 aromatic rings. The summed E-state index contributed by atoms with van der Waals surface area (Å²) >= 11 is 3.21. The van der Waals surface area contributed by atoms with Crippen molar-refractivity contribution in [3.05, 3.63) is 40.6 Å². The second-order valence-electron chi connectivity index (χ2n) is 3.52. The molecule has 2 rings (SSSR count). The Kier molecular flexibility index (Phi) is 3.91. The molecule has 0 unspecified atom stereocenters. The zero-order valence-corrected chi connectivity index (χ0v) is 10.9. The number of hydrogen-bond acceptors (Lipinski definition) is 3. The Morgan fingerprint density at radius 3 is 3.00 bits per heavy atom. The van der Waals surface area contributed by atoms with Crippen molar-refractivity contribution >= 4 is 15.9 Å². The Balaban J connectivity index is 2.24. The predicted octanol–water partition coefficient (Wildman–Crippen LogP) is 3.35. The van der Waals surface area contributed by atoms with E-state index < -0.39 is 0 Å². The first kappa shape index (κ1) is 12.3. The van der Waals surface area contributed by atoms with Gasteiger partial charge in [0.2, 0.25) is 5.89 Å². The van der Waals surface area contributed by atoms with E-state index in [1.807, 2.05) is 6.92 Å². The molecule has 0 atom stereocenters. The van der Waals surface area contributed by atoms with Gasteiger partial charge in [-0.25, -0.2) is 9.37 Å². The molecule has 0 saturated carbocycles. The van der Waals surface area contributed by atoms with Crippen molar-refractivity contribution in [1.82, 2.24) is 10.3 Å². The molecule has 1 aromatic carbocycles. The van der Waals surface area contributed by atoms with Gasteiger partial charge < -0.3 is 9.73 Å². The lowest BCUT2D eigenvalue weighted by molar-refractivity contribution is 0.479. The summed E-state index contributed by atoms with van der Waals surface area (Å²) in [6.07, 6.45) is 1.54. The fraction of sp³-hybridized carbons (Fsp3) is 0.250. The highest BCUT2D eigenvalue weighted by atomic mass is 79.9. The van der Waals surface area contributed by atoms with E-state index in [4.69, 9.17) is 4.42 Å². The molecule has 0 saturated heterocycles. The van der Waals surface area contributed by atoms with E-state index in [1.54, 1.807) is 18.3 Å². The van der Waals surface area contributed by atoms with Gasteiger partial charge in [-0.3, -0.25) is 0 Å². The van der Waals surface area contributed by atoms with Crippen molar-refractivity contribution in [2.45, 2.75) is 13.5 Å². The topological polar surface area (TPSA) is 38.1 Å². The van der Waals surface area contributed by atoms with E-state index in [9.17, 15) is 4.39 Å². The van der Waals surface area contributed by atoms with Crippen molar-refractivity contribution in [3.8, 4) is 11.3 Å². The van der Waals surface area contributed by atoms with Gasteiger partial charge in [0.05, 0.1) is 18.3 Å². The second kappa shape index (κ2) is 5.42. The van der Waals surface area contributed by atoms with Crippen LogP contribution in [0.1, 0.15) is 12.8 Å². The van der Waals surface area contributed by atoms with E-state index in [1.165, 1.54) is 6.07 Å². The molecule has 1 aromatic heterocycles. The van der Waals surface area contributed by atoms with Crippen LogP contribution in [0.5, 0.6) is 0 Å². The summed E-state index contributed by atoms with van der Waals surface area (Å²) in [7, 11) is 0. The maximum absolute atomic E-state index is 13.7. The number of nitrogens with one attached hydrogen (secondary N) is 1. The van der Waals surface area contributed by atoms with Gasteiger partial charge >= 0.3 is 0 Å². The van der Waals surface area contributed by atoms with Gasteiger partial charge in [0.15, 0.2) is 5.76 Å². The van der Waals surface area contributed by atoms with Gasteiger partial charge in [-0.2, -0.15) is 0 Å². The zero-order chi connectivity index (χ0) is 12.3. The Labute approximate surface area is 107 Å². The van der Waals surface area contributed by atoms with Crippen LogP contribution in [0.25, 0.3) is 11.3 Å². The molecule has 0 aliphatic rings. The lowest BCUT2D eigenvalue weighted by Crippen LogP contribution is -2.11. The summed E-state index contributed by atoms with van der Waals surface area (Å²) in [6.45, 7) is 3.39. The third-order valence-electron chi connectivity index (χ3n) is 2.28. The minimum Gasteiger partial charge on any atom is -0.439 e. The predicted molar refractivity (Wildman–Crippen MR) is 67.0 cm³/mol. The Morgan fingerprint density at radius 2 is 2.29 bits per heavy atom. The van der Waals surface area contributed by atoms with Crippen molar-refractivity contribution < 1.29 is 8.81 Å². The molecule has 17 heavy (non-hydrogen) atoms. The molecule has 0 amide bonds. The SMILES string of the molecule is CCNCc1ncc(-c2ccc(Br)cc2F)o1. The Morgan fingerprint density at radius 1 is 1.47 bits per heavy atom. The van der Waals surface area contributed by atoms with E-state index in [2.05, 4.69) is 26.2 Å². The summed E-state index contributed by atoms with van der Waals surface area (Å²) in [5.74, 6) is 0.678. The average molecular weight is 299 g/mol. The largest absolute Gasteiger partial charge is 0.439 e. The molecule has 0 radical (unpaired) electrons. The number of benzene rings is 1. The van der Waals surface area contributed by atoms with Crippen molar-refractivity contribution in [3.63, 3.8) is 0 Å². The van der Waals surface area contributed by atoms with Gasteiger partial charge in [0.25, 0.3) is 0 Å². The standard InChI is InChI=1S/C12H12BrFN2O/c1-2-15-7-12-16-6-11(17-12)9-4-3-8(13)5-10(9)14/h3-6,15H,2,7H2,1H3. The summed E-state index contributed by atoms with van der Waals surface area (Å²) in [4.78, 5) is 4.09. The van der Waals surface area contributed by atoms with Gasteiger partial charge in [-0.05, 0) is 24.7 Å². The highest BCUT2D eigenvalue weighted by molar-refractivity contribution is 9.10. The van der Waals surface area contributed by atoms with Gasteiger partial charge in [0.1, 0.15) is 5.82 Å². The first-order valence-corrected chi connectivity index (χ1v) is 6.11. The highest BCUT2D eigenvalue weighted by Crippen LogP contribution is 2.26. The first-order chi connectivity index (χ1) is 8.20. The average Bonchev–Trinajstić information content (AvgIpc) is 2.75. The van der Waals surface area contributed by atoms with Crippen LogP contribution in [0.4, 0.5) is 4.39 Å². The maximum Gasteiger partial charge on any atom is 0.208 e. The number of nitrogens with zero attached hydrogens (tertiary/aromatic N) is 1. The monoisotopic (exact) mass is 298 g/mol. The molecule has 0 aliphatic carbocycles. The number of oxazole rings is 1. The molecule has 0 bridgehead atoms. The lowest BCUT2D eigenvalue weighted by Gasteiger charge is -1.99. The van der Waals surface area contributed by atoms with Crippen LogP contribution in [-0.2, 0) is 6.54 Å². The van der Waals surface area contributed by atoms with E-state index in [0.29, 0.717) is 28.2 Å². The smallest absolute Gasteiger partial charge is 0.208 e. The minimum absolute atomic E-state index is 0.328. The number of rotatable bonds is 4. The van der Waals surface area contributed by atoms with Crippen LogP contribution in [0.3, 0.4) is 0 Å². The molecule has 90 valence electrons. The third kappa shape index (κ3) is 2.92. The van der Waals surface area contributed by atoms with E-state index in [-0.39, 0.29) is 5.82 Å². The van der Waals surface area contributed by atoms with Gasteiger partial charge in [-0.15, -0.1) is 0 Å². The number of halogens is 2. The second-order valence-corrected chi connectivity index (χ2v) is 4.44. The Bertz CT molecular complexity index is 513. The molecular weight excluding hydrogens is 287 g/mol. The fourth-order valence-electron chi connectivity index (χ4n) is 1.44. The van der Waals surface area contributed by atoms with Crippen LogP contribution in [-0.4, -0.2) is 11.5 Å². The van der Waals surface area contributed by atoms with Gasteiger partial charge in [-0.1, -0.05) is 22.9 Å². The van der Waals surface area contributed by atoms with E-state index in [0.717, 1.165) is 6.54 Å². The number of aromatic nitrogens is 1. The molecule has 3 nitrogen and oxygen atoms in total. The normalized spacial score (nSPS) is 10.8. The summed E-state index contributed by atoms with van der Waals surface area (Å²) in [5.41, 5.74) is 0.420. The molecule has 1 heterocycles. The quantitative estimate of drug-likeness (QED) is 0.941. The van der Waals surface area contributed by atoms with Crippen LogP contribution < -0.4 is 5.32 Å². The molecule has 1 N–H and O–H groups in total. The van der Waals surface area contributed by atoms with Crippen molar-refractivity contribution in [2.75, 3.05) is 6.54 Å². The maximum atomic E-state index is 13.7. The first-order valence-electron chi connectivity index (χ1n) is 5.31. The van der Waals surface area contributed by atoms with Crippen LogP contribution in [0.2, 0.25) is 0 Å². The van der Waals surface area contributed by atoms with Crippen LogP contribution in [0.15, 0.2) is 33.3 Å². The highest BCUT2D eigenvalue weighted by Gasteiger charge is 2.10. The summed E-state index contributed by atoms with van der Waals surface area (Å²) < 4.78 is 19.8. The number of hydrogen-bond donors (Lipinski definition) is 1. The van der Waals surface area contributed by atoms with Crippen LogP contribution >= 0.6 is 15.9 Å². The fourth-order valence-corrected chi connectivity index (χ4v) is 1.77. The summed E-state index contributed by atoms with van der Waals surface area (Å²) in [6, 6.07) is 4.84. The molecule has 5 heteroatoms. The van der Waals surface area contributed by atoms with Gasteiger partial charge in [0, 0.05) is 4.47 Å². The van der Waals surface area contributed by atoms with E-state index >= 15 is 0 Å². The zero-order valence-electron chi connectivity index (χ0n) is 9.34.